The molecule has 0 radical (unpaired) electrons. The lowest BCUT2D eigenvalue weighted by molar-refractivity contribution is 0.506. The Kier molecular flexibility index (Phi) is 2.87. The SMILES string of the molecule is NC(c1cncnc1)c1ccc(F)c(F)c1. The van der Waals surface area contributed by atoms with Crippen LogP contribution in [0, 0.1) is 11.6 Å². The maximum atomic E-state index is 13.0. The van der Waals surface area contributed by atoms with Crippen molar-refractivity contribution in [2.75, 3.05) is 0 Å². The van der Waals surface area contributed by atoms with Gasteiger partial charge in [-0.3, -0.25) is 0 Å². The summed E-state index contributed by atoms with van der Waals surface area (Å²) in [5, 5.41) is 0. The lowest BCUT2D eigenvalue weighted by atomic mass is 10.0. The van der Waals surface area contributed by atoms with Crippen LogP contribution in [-0.2, 0) is 0 Å². The number of benzene rings is 1. The average molecular weight is 221 g/mol. The van der Waals surface area contributed by atoms with E-state index < -0.39 is 17.7 Å². The van der Waals surface area contributed by atoms with Crippen molar-refractivity contribution >= 4 is 0 Å². The van der Waals surface area contributed by atoms with Crippen LogP contribution < -0.4 is 5.73 Å². The number of rotatable bonds is 2. The molecule has 0 saturated carbocycles. The largest absolute Gasteiger partial charge is 0.320 e. The van der Waals surface area contributed by atoms with Crippen molar-refractivity contribution < 1.29 is 8.78 Å². The molecule has 1 unspecified atom stereocenters. The molecular weight excluding hydrogens is 212 g/mol. The molecule has 2 aromatic rings. The van der Waals surface area contributed by atoms with Crippen molar-refractivity contribution in [1.29, 1.82) is 0 Å². The fraction of sp³-hybridized carbons (Fsp3) is 0.0909. The van der Waals surface area contributed by atoms with Crippen LogP contribution in [0.1, 0.15) is 17.2 Å². The van der Waals surface area contributed by atoms with Gasteiger partial charge in [0.05, 0.1) is 6.04 Å². The fourth-order valence-electron chi connectivity index (χ4n) is 1.37. The molecule has 0 bridgehead atoms. The average Bonchev–Trinajstić information content (AvgIpc) is 2.33. The van der Waals surface area contributed by atoms with E-state index in [2.05, 4.69) is 9.97 Å². The van der Waals surface area contributed by atoms with Crippen LogP contribution in [0.4, 0.5) is 8.78 Å². The molecule has 82 valence electrons. The highest BCUT2D eigenvalue weighted by Crippen LogP contribution is 2.19. The van der Waals surface area contributed by atoms with Gasteiger partial charge in [-0.15, -0.1) is 0 Å². The van der Waals surface area contributed by atoms with Crippen LogP contribution in [0.3, 0.4) is 0 Å². The predicted molar refractivity (Wildman–Crippen MR) is 54.4 cm³/mol. The Hall–Kier alpha value is -1.88. The van der Waals surface area contributed by atoms with Gasteiger partial charge in [0.2, 0.25) is 0 Å². The smallest absolute Gasteiger partial charge is 0.159 e. The van der Waals surface area contributed by atoms with Gasteiger partial charge in [-0.2, -0.15) is 0 Å². The van der Waals surface area contributed by atoms with Crippen LogP contribution >= 0.6 is 0 Å². The molecule has 2 rings (SSSR count). The third-order valence-electron chi connectivity index (χ3n) is 2.24. The zero-order chi connectivity index (χ0) is 11.5. The van der Waals surface area contributed by atoms with Gasteiger partial charge in [0.15, 0.2) is 11.6 Å². The first-order chi connectivity index (χ1) is 7.68. The summed E-state index contributed by atoms with van der Waals surface area (Å²) in [7, 11) is 0. The number of aromatic nitrogens is 2. The first-order valence-electron chi connectivity index (χ1n) is 4.64. The van der Waals surface area contributed by atoms with Crippen LogP contribution in [-0.4, -0.2) is 9.97 Å². The van der Waals surface area contributed by atoms with E-state index in [4.69, 9.17) is 5.73 Å². The van der Waals surface area contributed by atoms with E-state index >= 15 is 0 Å². The Morgan fingerprint density at radius 3 is 2.31 bits per heavy atom. The Bertz CT molecular complexity index is 488. The number of nitrogens with zero attached hydrogens (tertiary/aromatic N) is 2. The van der Waals surface area contributed by atoms with Crippen molar-refractivity contribution in [2.45, 2.75) is 6.04 Å². The van der Waals surface area contributed by atoms with Crippen LogP contribution in [0.2, 0.25) is 0 Å². The molecule has 5 heteroatoms. The molecule has 0 aliphatic carbocycles. The van der Waals surface area contributed by atoms with Gasteiger partial charge in [-0.1, -0.05) is 6.07 Å². The molecule has 0 aliphatic rings. The fourth-order valence-corrected chi connectivity index (χ4v) is 1.37. The summed E-state index contributed by atoms with van der Waals surface area (Å²) >= 11 is 0. The molecule has 1 aromatic heterocycles. The van der Waals surface area contributed by atoms with Crippen molar-refractivity contribution in [3.63, 3.8) is 0 Å². The third-order valence-corrected chi connectivity index (χ3v) is 2.24. The molecule has 16 heavy (non-hydrogen) atoms. The summed E-state index contributed by atoms with van der Waals surface area (Å²) in [6.07, 6.45) is 4.46. The monoisotopic (exact) mass is 221 g/mol. The van der Waals surface area contributed by atoms with E-state index in [1.54, 1.807) is 12.4 Å². The van der Waals surface area contributed by atoms with E-state index in [9.17, 15) is 8.78 Å². The maximum Gasteiger partial charge on any atom is 0.159 e. The zero-order valence-electron chi connectivity index (χ0n) is 8.27. The van der Waals surface area contributed by atoms with E-state index in [1.165, 1.54) is 12.4 Å². The molecule has 0 saturated heterocycles. The van der Waals surface area contributed by atoms with Crippen molar-refractivity contribution in [1.82, 2.24) is 9.97 Å². The molecule has 1 aromatic carbocycles. The molecule has 1 atom stereocenters. The topological polar surface area (TPSA) is 51.8 Å². The second kappa shape index (κ2) is 4.32. The number of nitrogens with two attached hydrogens (primary N) is 1. The minimum atomic E-state index is -0.912. The zero-order valence-corrected chi connectivity index (χ0v) is 8.27. The van der Waals surface area contributed by atoms with Gasteiger partial charge in [0.1, 0.15) is 6.33 Å². The summed E-state index contributed by atoms with van der Waals surface area (Å²) in [6.45, 7) is 0. The van der Waals surface area contributed by atoms with Crippen LogP contribution in [0.5, 0.6) is 0 Å². The predicted octanol–water partition coefficient (Wildman–Crippen LogP) is 1.80. The molecule has 3 nitrogen and oxygen atoms in total. The Balaban J connectivity index is 2.34. The highest BCUT2D eigenvalue weighted by atomic mass is 19.2. The summed E-state index contributed by atoms with van der Waals surface area (Å²) in [4.78, 5) is 7.62. The van der Waals surface area contributed by atoms with Gasteiger partial charge in [0.25, 0.3) is 0 Å². The molecule has 0 aliphatic heterocycles. The second-order valence-electron chi connectivity index (χ2n) is 3.32. The second-order valence-corrected chi connectivity index (χ2v) is 3.32. The number of hydrogen-bond acceptors (Lipinski definition) is 3. The van der Waals surface area contributed by atoms with Crippen LogP contribution in [0.15, 0.2) is 36.9 Å². The van der Waals surface area contributed by atoms with Crippen molar-refractivity contribution in [3.05, 3.63) is 59.7 Å². The van der Waals surface area contributed by atoms with Gasteiger partial charge in [0, 0.05) is 18.0 Å². The summed E-state index contributed by atoms with van der Waals surface area (Å²) in [5.41, 5.74) is 6.99. The highest BCUT2D eigenvalue weighted by molar-refractivity contribution is 5.28. The first kappa shape index (κ1) is 10.6. The molecule has 1 heterocycles. The molecule has 2 N–H and O–H groups in total. The maximum absolute atomic E-state index is 13.0. The Morgan fingerprint density at radius 1 is 1.00 bits per heavy atom. The minimum Gasteiger partial charge on any atom is -0.320 e. The highest BCUT2D eigenvalue weighted by Gasteiger charge is 2.11. The van der Waals surface area contributed by atoms with Crippen molar-refractivity contribution in [2.24, 2.45) is 5.73 Å². The third kappa shape index (κ3) is 2.04. The molecule has 0 fully saturated rings. The molecule has 0 amide bonds. The van der Waals surface area contributed by atoms with Crippen molar-refractivity contribution in [3.8, 4) is 0 Å². The molecular formula is C11H9F2N3. The Morgan fingerprint density at radius 2 is 1.69 bits per heavy atom. The van der Waals surface area contributed by atoms with E-state index in [1.807, 2.05) is 0 Å². The number of halogens is 2. The number of hydrogen-bond donors (Lipinski definition) is 1. The standard InChI is InChI=1S/C11H9F2N3/c12-9-2-1-7(3-10(9)13)11(14)8-4-15-6-16-5-8/h1-6,11H,14H2. The minimum absolute atomic E-state index is 0.480. The van der Waals surface area contributed by atoms with E-state index in [-0.39, 0.29) is 0 Å². The van der Waals surface area contributed by atoms with Crippen LogP contribution in [0.25, 0.3) is 0 Å². The summed E-state index contributed by atoms with van der Waals surface area (Å²) in [5.74, 6) is -1.80. The molecule has 0 spiro atoms. The first-order valence-corrected chi connectivity index (χ1v) is 4.64. The van der Waals surface area contributed by atoms with Gasteiger partial charge in [-0.25, -0.2) is 18.7 Å². The van der Waals surface area contributed by atoms with Gasteiger partial charge >= 0.3 is 0 Å². The summed E-state index contributed by atoms with van der Waals surface area (Å²) < 4.78 is 25.7. The quantitative estimate of drug-likeness (QED) is 0.841. The van der Waals surface area contributed by atoms with E-state index in [0.717, 1.165) is 12.1 Å². The lowest BCUT2D eigenvalue weighted by Crippen LogP contribution is -2.12. The van der Waals surface area contributed by atoms with Gasteiger partial charge < -0.3 is 5.73 Å². The van der Waals surface area contributed by atoms with E-state index in [0.29, 0.717) is 11.1 Å². The lowest BCUT2D eigenvalue weighted by Gasteiger charge is -2.11. The Labute approximate surface area is 91.0 Å². The normalized spacial score (nSPS) is 12.4. The van der Waals surface area contributed by atoms with Gasteiger partial charge in [-0.05, 0) is 17.7 Å². The summed E-state index contributed by atoms with van der Waals surface area (Å²) in [6, 6.07) is 3.01.